The Morgan fingerprint density at radius 3 is 2.67 bits per heavy atom. The molecule has 0 radical (unpaired) electrons. The highest BCUT2D eigenvalue weighted by Crippen LogP contribution is 2.40. The van der Waals surface area contributed by atoms with Gasteiger partial charge in [0.25, 0.3) is 0 Å². The Kier molecular flexibility index (Phi) is 2.88. The topological polar surface area (TPSA) is 58.0 Å². The number of nitrogens with one attached hydrogen (secondary N) is 1. The normalized spacial score (nSPS) is 17.4. The van der Waals surface area contributed by atoms with E-state index in [0.717, 1.165) is 36.2 Å². The second-order valence-electron chi connectivity index (χ2n) is 5.11. The Morgan fingerprint density at radius 1 is 1.22 bits per heavy atom. The van der Waals surface area contributed by atoms with Crippen molar-refractivity contribution < 1.29 is 5.11 Å². The van der Waals surface area contributed by atoms with E-state index in [1.165, 1.54) is 6.42 Å². The molecule has 0 spiro atoms. The summed E-state index contributed by atoms with van der Waals surface area (Å²) in [6.45, 7) is 1.03. The van der Waals surface area contributed by atoms with E-state index in [1.54, 1.807) is 6.20 Å². The molecule has 3 rings (SSSR count). The lowest BCUT2D eigenvalue weighted by Gasteiger charge is -2.40. The highest BCUT2D eigenvalue weighted by Gasteiger charge is 2.36. The third-order valence-corrected chi connectivity index (χ3v) is 3.84. The molecule has 1 aliphatic rings. The second kappa shape index (κ2) is 4.53. The molecule has 4 heteroatoms. The summed E-state index contributed by atoms with van der Waals surface area (Å²) in [5, 5.41) is 12.7. The van der Waals surface area contributed by atoms with Crippen molar-refractivity contribution in [2.24, 2.45) is 5.41 Å². The quantitative estimate of drug-likeness (QED) is 0.864. The summed E-state index contributed by atoms with van der Waals surface area (Å²) < 4.78 is 0. The number of anilines is 1. The zero-order valence-corrected chi connectivity index (χ0v) is 10.3. The number of nitrogens with zero attached hydrogens (tertiary/aromatic N) is 2. The minimum absolute atomic E-state index is 0.0628. The lowest BCUT2D eigenvalue weighted by atomic mass is 9.69. The van der Waals surface area contributed by atoms with Crippen LogP contribution in [0.4, 0.5) is 5.82 Å². The maximum absolute atomic E-state index is 9.41. The molecule has 0 amide bonds. The molecule has 0 saturated heterocycles. The van der Waals surface area contributed by atoms with Crippen LogP contribution in [0.25, 0.3) is 11.0 Å². The molecule has 2 N–H and O–H groups in total. The number of aliphatic hydroxyl groups excluding tert-OH is 1. The lowest BCUT2D eigenvalue weighted by molar-refractivity contribution is 0.0576. The van der Waals surface area contributed by atoms with Gasteiger partial charge in [-0.25, -0.2) is 4.98 Å². The Labute approximate surface area is 106 Å². The van der Waals surface area contributed by atoms with Crippen molar-refractivity contribution in [3.8, 4) is 0 Å². The van der Waals surface area contributed by atoms with Crippen LogP contribution in [0.3, 0.4) is 0 Å². The van der Waals surface area contributed by atoms with Crippen molar-refractivity contribution in [3.05, 3.63) is 30.5 Å². The zero-order valence-electron chi connectivity index (χ0n) is 10.3. The van der Waals surface area contributed by atoms with Crippen LogP contribution < -0.4 is 5.32 Å². The summed E-state index contributed by atoms with van der Waals surface area (Å²) in [6.07, 6.45) is 5.16. The first-order chi connectivity index (χ1) is 8.81. The minimum atomic E-state index is 0.0628. The van der Waals surface area contributed by atoms with Gasteiger partial charge in [-0.15, -0.1) is 0 Å². The van der Waals surface area contributed by atoms with Gasteiger partial charge in [-0.3, -0.25) is 4.98 Å². The van der Waals surface area contributed by atoms with Gasteiger partial charge in [0.05, 0.1) is 23.8 Å². The van der Waals surface area contributed by atoms with Gasteiger partial charge in [0.1, 0.15) is 5.82 Å². The van der Waals surface area contributed by atoms with Crippen LogP contribution >= 0.6 is 0 Å². The van der Waals surface area contributed by atoms with Crippen molar-refractivity contribution in [1.82, 2.24) is 9.97 Å². The van der Waals surface area contributed by atoms with E-state index in [1.807, 2.05) is 24.3 Å². The number of hydrogen-bond acceptors (Lipinski definition) is 4. The number of hydrogen-bond donors (Lipinski definition) is 2. The average molecular weight is 243 g/mol. The molecule has 1 fully saturated rings. The van der Waals surface area contributed by atoms with E-state index >= 15 is 0 Å². The lowest BCUT2D eigenvalue weighted by Crippen LogP contribution is -2.39. The van der Waals surface area contributed by atoms with Crippen molar-refractivity contribution in [3.63, 3.8) is 0 Å². The number of aliphatic hydroxyl groups is 1. The van der Waals surface area contributed by atoms with Gasteiger partial charge in [-0.1, -0.05) is 18.6 Å². The molecule has 1 aromatic carbocycles. The summed E-state index contributed by atoms with van der Waals surface area (Å²) in [4.78, 5) is 8.88. The van der Waals surface area contributed by atoms with Gasteiger partial charge in [-0.05, 0) is 25.0 Å². The van der Waals surface area contributed by atoms with Gasteiger partial charge < -0.3 is 10.4 Å². The number of fused-ring (bicyclic) bond motifs is 1. The Hall–Kier alpha value is -1.68. The molecule has 0 atom stereocenters. The molecular formula is C14H17N3O. The predicted molar refractivity (Wildman–Crippen MR) is 71.4 cm³/mol. The van der Waals surface area contributed by atoms with Crippen molar-refractivity contribution in [1.29, 1.82) is 0 Å². The second-order valence-corrected chi connectivity index (χ2v) is 5.11. The van der Waals surface area contributed by atoms with E-state index < -0.39 is 0 Å². The average Bonchev–Trinajstić information content (AvgIpc) is 2.38. The molecular weight excluding hydrogens is 226 g/mol. The van der Waals surface area contributed by atoms with Crippen LogP contribution in [0.15, 0.2) is 30.5 Å². The monoisotopic (exact) mass is 243 g/mol. The molecule has 1 aliphatic carbocycles. The van der Waals surface area contributed by atoms with Crippen molar-refractivity contribution in [2.45, 2.75) is 19.3 Å². The maximum atomic E-state index is 9.41. The number of aromatic nitrogens is 2. The SMILES string of the molecule is OCC1(CNc2cnc3ccccc3n2)CCC1. The third-order valence-electron chi connectivity index (χ3n) is 3.84. The number of para-hydroxylation sites is 2. The molecule has 94 valence electrons. The first kappa shape index (κ1) is 11.4. The summed E-state index contributed by atoms with van der Waals surface area (Å²) >= 11 is 0. The van der Waals surface area contributed by atoms with E-state index in [4.69, 9.17) is 0 Å². The highest BCUT2D eigenvalue weighted by atomic mass is 16.3. The van der Waals surface area contributed by atoms with Gasteiger partial charge in [0.2, 0.25) is 0 Å². The van der Waals surface area contributed by atoms with Crippen molar-refractivity contribution >= 4 is 16.9 Å². The summed E-state index contributed by atoms with van der Waals surface area (Å²) in [5.74, 6) is 0.786. The molecule has 2 aromatic rings. The van der Waals surface area contributed by atoms with E-state index in [2.05, 4.69) is 15.3 Å². The summed E-state index contributed by atoms with van der Waals surface area (Å²) in [6, 6.07) is 7.83. The van der Waals surface area contributed by atoms with Crippen molar-refractivity contribution in [2.75, 3.05) is 18.5 Å². The largest absolute Gasteiger partial charge is 0.396 e. The molecule has 0 unspecified atom stereocenters. The van der Waals surface area contributed by atoms with Gasteiger partial charge in [0.15, 0.2) is 0 Å². The summed E-state index contributed by atoms with van der Waals surface area (Å²) in [7, 11) is 0. The Bertz CT molecular complexity index is 546. The Balaban J connectivity index is 1.74. The van der Waals surface area contributed by atoms with Crippen LogP contribution in [0.1, 0.15) is 19.3 Å². The Morgan fingerprint density at radius 2 is 2.00 bits per heavy atom. The van der Waals surface area contributed by atoms with E-state index in [-0.39, 0.29) is 12.0 Å². The van der Waals surface area contributed by atoms with Gasteiger partial charge in [-0.2, -0.15) is 0 Å². The zero-order chi connectivity index (χ0) is 12.4. The van der Waals surface area contributed by atoms with Crippen LogP contribution in [0.5, 0.6) is 0 Å². The molecule has 1 saturated carbocycles. The van der Waals surface area contributed by atoms with Crippen LogP contribution in [0, 0.1) is 5.41 Å². The van der Waals surface area contributed by atoms with Gasteiger partial charge >= 0.3 is 0 Å². The molecule has 4 nitrogen and oxygen atoms in total. The minimum Gasteiger partial charge on any atom is -0.396 e. The predicted octanol–water partition coefficient (Wildman–Crippen LogP) is 2.20. The molecule has 0 aliphatic heterocycles. The molecule has 1 aromatic heterocycles. The maximum Gasteiger partial charge on any atom is 0.145 e. The first-order valence-corrected chi connectivity index (χ1v) is 6.38. The fourth-order valence-electron chi connectivity index (χ4n) is 2.39. The van der Waals surface area contributed by atoms with E-state index in [9.17, 15) is 5.11 Å². The van der Waals surface area contributed by atoms with Crippen LogP contribution in [-0.4, -0.2) is 28.2 Å². The molecule has 0 bridgehead atoms. The van der Waals surface area contributed by atoms with Crippen LogP contribution in [0.2, 0.25) is 0 Å². The molecule has 1 heterocycles. The highest BCUT2D eigenvalue weighted by molar-refractivity contribution is 5.75. The number of benzene rings is 1. The smallest absolute Gasteiger partial charge is 0.145 e. The van der Waals surface area contributed by atoms with E-state index in [0.29, 0.717) is 0 Å². The third kappa shape index (κ3) is 2.04. The first-order valence-electron chi connectivity index (χ1n) is 6.38. The fourth-order valence-corrected chi connectivity index (χ4v) is 2.39. The fraction of sp³-hybridized carbons (Fsp3) is 0.429. The standard InChI is InChI=1S/C14H17N3O/c18-10-14(6-3-7-14)9-16-13-8-15-11-4-1-2-5-12(11)17-13/h1-2,4-5,8,18H,3,6-7,9-10H2,(H,16,17). The molecule has 18 heavy (non-hydrogen) atoms. The van der Waals surface area contributed by atoms with Crippen LogP contribution in [-0.2, 0) is 0 Å². The number of rotatable bonds is 4. The van der Waals surface area contributed by atoms with Gasteiger partial charge in [0, 0.05) is 12.0 Å². The summed E-state index contributed by atoms with van der Waals surface area (Å²) in [5.41, 5.74) is 1.87.